The highest BCUT2D eigenvalue weighted by atomic mass is 127. The number of benzene rings is 1. The van der Waals surface area contributed by atoms with Crippen molar-refractivity contribution >= 4 is 40.1 Å². The largest absolute Gasteiger partial charge is 0.333 e. The molecule has 2 saturated heterocycles. The van der Waals surface area contributed by atoms with Crippen molar-refractivity contribution in [3.8, 4) is 0 Å². The summed E-state index contributed by atoms with van der Waals surface area (Å²) in [5.74, 6) is 0.185. The fraction of sp³-hybridized carbons (Fsp3) is 0.500. The highest BCUT2D eigenvalue weighted by Crippen LogP contribution is 2.38. The molecule has 18 heavy (non-hydrogen) atoms. The minimum Gasteiger partial charge on any atom is -0.333 e. The molecule has 3 rings (SSSR count). The van der Waals surface area contributed by atoms with Gasteiger partial charge >= 0.3 is 0 Å². The van der Waals surface area contributed by atoms with Crippen molar-refractivity contribution in [2.45, 2.75) is 43.1 Å². The number of carbonyl (C=O) groups excluding carboxylic acids is 1. The number of rotatable bonds is 1. The first kappa shape index (κ1) is 12.7. The maximum Gasteiger partial charge on any atom is 0.254 e. The van der Waals surface area contributed by atoms with Crippen LogP contribution in [0.25, 0.3) is 0 Å². The van der Waals surface area contributed by atoms with E-state index in [4.69, 9.17) is 11.6 Å². The highest BCUT2D eigenvalue weighted by Gasteiger charge is 2.42. The average molecular weight is 376 g/mol. The van der Waals surface area contributed by atoms with Gasteiger partial charge in [0.1, 0.15) is 0 Å². The van der Waals surface area contributed by atoms with Crippen molar-refractivity contribution in [1.29, 1.82) is 0 Å². The monoisotopic (exact) mass is 375 g/mol. The van der Waals surface area contributed by atoms with Crippen LogP contribution in [-0.2, 0) is 0 Å². The molecule has 0 aromatic heterocycles. The zero-order valence-corrected chi connectivity index (χ0v) is 12.9. The first-order valence-corrected chi connectivity index (χ1v) is 7.89. The molecule has 0 radical (unpaired) electrons. The molecule has 2 bridgehead atoms. The smallest absolute Gasteiger partial charge is 0.254 e. The van der Waals surface area contributed by atoms with Crippen molar-refractivity contribution in [1.82, 2.24) is 4.90 Å². The van der Waals surface area contributed by atoms with Crippen molar-refractivity contribution in [3.63, 3.8) is 0 Å². The van der Waals surface area contributed by atoms with Gasteiger partial charge in [0.25, 0.3) is 5.91 Å². The summed E-state index contributed by atoms with van der Waals surface area (Å²) in [5.41, 5.74) is 0.812. The SMILES string of the molecule is O=C(c1cccc(I)c1)N1C2CCC1CC(Cl)C2. The third-order valence-electron chi connectivity index (χ3n) is 3.98. The lowest BCUT2D eigenvalue weighted by atomic mass is 10.0. The summed E-state index contributed by atoms with van der Waals surface area (Å²) in [6.45, 7) is 0. The predicted octanol–water partition coefficient (Wildman–Crippen LogP) is 3.67. The van der Waals surface area contributed by atoms with Gasteiger partial charge in [-0.1, -0.05) is 6.07 Å². The second-order valence-electron chi connectivity index (χ2n) is 5.18. The van der Waals surface area contributed by atoms with Crippen LogP contribution in [0.3, 0.4) is 0 Å². The molecule has 1 amide bonds. The quantitative estimate of drug-likeness (QED) is 0.542. The minimum absolute atomic E-state index is 0.185. The zero-order chi connectivity index (χ0) is 12.7. The normalized spacial score (nSPS) is 30.6. The molecule has 2 heterocycles. The summed E-state index contributed by atoms with van der Waals surface area (Å²) in [6.07, 6.45) is 4.13. The van der Waals surface area contributed by atoms with Gasteiger partial charge in [0.15, 0.2) is 0 Å². The molecule has 1 aromatic rings. The van der Waals surface area contributed by atoms with Crippen molar-refractivity contribution in [3.05, 3.63) is 33.4 Å². The average Bonchev–Trinajstić information content (AvgIpc) is 2.61. The number of piperidine rings is 1. The summed E-state index contributed by atoms with van der Waals surface area (Å²) in [5, 5.41) is 0.252. The number of carbonyl (C=O) groups is 1. The standard InChI is InChI=1S/C14H15ClINO/c15-10-7-12-4-5-13(8-10)17(12)14(18)9-2-1-3-11(16)6-9/h1-3,6,10,12-13H,4-5,7-8H2. The van der Waals surface area contributed by atoms with Gasteiger partial charge in [-0.2, -0.15) is 0 Å². The summed E-state index contributed by atoms with van der Waals surface area (Å²) in [4.78, 5) is 14.7. The Hall–Kier alpha value is -0.290. The van der Waals surface area contributed by atoms with Crippen LogP contribution in [-0.4, -0.2) is 28.3 Å². The molecule has 2 aliphatic heterocycles. The van der Waals surface area contributed by atoms with E-state index in [0.717, 1.165) is 34.8 Å². The second-order valence-corrected chi connectivity index (χ2v) is 7.04. The third kappa shape index (κ3) is 2.27. The maximum absolute atomic E-state index is 12.6. The molecule has 4 heteroatoms. The lowest BCUT2D eigenvalue weighted by Crippen LogP contribution is -2.46. The highest BCUT2D eigenvalue weighted by molar-refractivity contribution is 14.1. The molecular formula is C14H15ClINO. The molecule has 2 unspecified atom stereocenters. The van der Waals surface area contributed by atoms with Crippen LogP contribution in [0, 0.1) is 3.57 Å². The molecule has 2 nitrogen and oxygen atoms in total. The molecule has 0 N–H and O–H groups in total. The Kier molecular flexibility index (Phi) is 3.54. The number of fused-ring (bicyclic) bond motifs is 2. The Morgan fingerprint density at radius 2 is 1.94 bits per heavy atom. The molecule has 2 aliphatic rings. The Labute approximate surface area is 126 Å². The van der Waals surface area contributed by atoms with Gasteiger partial charge in [-0.25, -0.2) is 0 Å². The van der Waals surface area contributed by atoms with E-state index < -0.39 is 0 Å². The lowest BCUT2D eigenvalue weighted by Gasteiger charge is -2.37. The molecule has 96 valence electrons. The molecule has 0 aliphatic carbocycles. The first-order valence-electron chi connectivity index (χ1n) is 6.37. The van der Waals surface area contributed by atoms with Crippen LogP contribution in [0.5, 0.6) is 0 Å². The number of amides is 1. The molecule has 0 spiro atoms. The van der Waals surface area contributed by atoms with E-state index in [1.807, 2.05) is 24.3 Å². The topological polar surface area (TPSA) is 20.3 Å². The fourth-order valence-electron chi connectivity index (χ4n) is 3.21. The van der Waals surface area contributed by atoms with Gasteiger partial charge in [0.05, 0.1) is 0 Å². The van der Waals surface area contributed by atoms with Gasteiger partial charge in [-0.15, -0.1) is 11.6 Å². The van der Waals surface area contributed by atoms with E-state index >= 15 is 0 Å². The number of hydrogen-bond donors (Lipinski definition) is 0. The first-order chi connectivity index (χ1) is 8.65. The Morgan fingerprint density at radius 3 is 2.56 bits per heavy atom. The fourth-order valence-corrected chi connectivity index (χ4v) is 4.17. The van der Waals surface area contributed by atoms with E-state index in [-0.39, 0.29) is 11.3 Å². The minimum atomic E-state index is 0.185. The van der Waals surface area contributed by atoms with Crippen molar-refractivity contribution < 1.29 is 4.79 Å². The molecular weight excluding hydrogens is 361 g/mol. The van der Waals surface area contributed by atoms with Gasteiger partial charge in [-0.05, 0) is 66.5 Å². The molecule has 1 aromatic carbocycles. The number of halogens is 2. The van der Waals surface area contributed by atoms with Gasteiger partial charge in [0, 0.05) is 26.6 Å². The van der Waals surface area contributed by atoms with Gasteiger partial charge in [-0.3, -0.25) is 4.79 Å². The summed E-state index contributed by atoms with van der Waals surface area (Å²) >= 11 is 8.50. The van der Waals surface area contributed by atoms with Gasteiger partial charge < -0.3 is 4.90 Å². The van der Waals surface area contributed by atoms with E-state index in [2.05, 4.69) is 27.5 Å². The molecule has 0 saturated carbocycles. The summed E-state index contributed by atoms with van der Waals surface area (Å²) < 4.78 is 1.11. The Balaban J connectivity index is 1.85. The van der Waals surface area contributed by atoms with Gasteiger partial charge in [0.2, 0.25) is 0 Å². The van der Waals surface area contributed by atoms with Crippen LogP contribution < -0.4 is 0 Å². The number of nitrogens with zero attached hydrogens (tertiary/aromatic N) is 1. The Morgan fingerprint density at radius 1 is 1.28 bits per heavy atom. The van der Waals surface area contributed by atoms with Crippen LogP contribution in [0.1, 0.15) is 36.0 Å². The van der Waals surface area contributed by atoms with Crippen LogP contribution in [0.4, 0.5) is 0 Å². The van der Waals surface area contributed by atoms with Crippen LogP contribution in [0.15, 0.2) is 24.3 Å². The number of hydrogen-bond acceptors (Lipinski definition) is 1. The predicted molar refractivity (Wildman–Crippen MR) is 81.0 cm³/mol. The zero-order valence-electron chi connectivity index (χ0n) is 9.98. The lowest BCUT2D eigenvalue weighted by molar-refractivity contribution is 0.0599. The van der Waals surface area contributed by atoms with Crippen molar-refractivity contribution in [2.24, 2.45) is 0 Å². The van der Waals surface area contributed by atoms with Crippen LogP contribution >= 0.6 is 34.2 Å². The molecule has 2 fully saturated rings. The maximum atomic E-state index is 12.6. The van der Waals surface area contributed by atoms with E-state index in [1.54, 1.807) is 0 Å². The van der Waals surface area contributed by atoms with Crippen molar-refractivity contribution in [2.75, 3.05) is 0 Å². The van der Waals surface area contributed by atoms with E-state index in [9.17, 15) is 4.79 Å². The number of alkyl halides is 1. The summed E-state index contributed by atoms with van der Waals surface area (Å²) in [6, 6.07) is 8.56. The Bertz CT molecular complexity index is 465. The third-order valence-corrected chi connectivity index (χ3v) is 5.01. The van der Waals surface area contributed by atoms with E-state index in [0.29, 0.717) is 12.1 Å². The van der Waals surface area contributed by atoms with Crippen LogP contribution in [0.2, 0.25) is 0 Å². The molecule has 2 atom stereocenters. The summed E-state index contributed by atoms with van der Waals surface area (Å²) in [7, 11) is 0. The second kappa shape index (κ2) is 5.00. The van der Waals surface area contributed by atoms with E-state index in [1.165, 1.54) is 0 Å².